The molecule has 0 radical (unpaired) electrons. The Morgan fingerprint density at radius 3 is 2.20 bits per heavy atom. The molecule has 0 aromatic heterocycles. The van der Waals surface area contributed by atoms with Gasteiger partial charge in [-0.1, -0.05) is 49.7 Å². The van der Waals surface area contributed by atoms with E-state index in [0.717, 1.165) is 21.9 Å². The van der Waals surface area contributed by atoms with Gasteiger partial charge in [0.25, 0.3) is 0 Å². The van der Waals surface area contributed by atoms with Gasteiger partial charge >= 0.3 is 0 Å². The first kappa shape index (κ1) is 15.4. The van der Waals surface area contributed by atoms with Crippen molar-refractivity contribution in [3.05, 3.63) is 64.7 Å². The molecule has 0 unspecified atom stereocenters. The summed E-state index contributed by atoms with van der Waals surface area (Å²) >= 11 is 7.53. The smallest absolute Gasteiger partial charge is 0.0909 e. The number of aliphatic hydroxyl groups excluding tert-OH is 1. The second-order valence-electron chi connectivity index (χ2n) is 4.82. The Balaban J connectivity index is 2.03. The highest BCUT2D eigenvalue weighted by Gasteiger charge is 2.17. The molecule has 0 amide bonds. The number of aryl methyl sites for hydroxylation is 1. The molecule has 2 aromatic carbocycles. The zero-order valence-corrected chi connectivity index (χ0v) is 13.3. The molecular formula is C17H19ClOS. The third-order valence-corrected chi connectivity index (χ3v) is 4.74. The first-order valence-electron chi connectivity index (χ1n) is 6.79. The van der Waals surface area contributed by atoms with Crippen LogP contribution in [0.25, 0.3) is 0 Å². The molecular weight excluding hydrogens is 288 g/mol. The van der Waals surface area contributed by atoms with Crippen molar-refractivity contribution in [3.63, 3.8) is 0 Å². The van der Waals surface area contributed by atoms with E-state index in [4.69, 9.17) is 11.6 Å². The van der Waals surface area contributed by atoms with Crippen LogP contribution >= 0.6 is 23.4 Å². The summed E-state index contributed by atoms with van der Waals surface area (Å²) in [5.41, 5.74) is 2.26. The van der Waals surface area contributed by atoms with Gasteiger partial charge in [-0.05, 0) is 41.8 Å². The number of hydrogen-bond donors (Lipinski definition) is 1. The second-order valence-corrected chi connectivity index (χ2v) is 6.70. The predicted octanol–water partition coefficient (Wildman–Crippen LogP) is 5.12. The lowest BCUT2D eigenvalue weighted by molar-refractivity contribution is 0.179. The van der Waals surface area contributed by atoms with Crippen molar-refractivity contribution in [2.45, 2.75) is 36.5 Å². The standard InChI is InChI=1S/C17H19ClOS/c1-3-13-4-6-14(7-5-13)17(19)12(2)20-16-10-8-15(18)9-11-16/h4-12,17,19H,3H2,1-2H3/t12-,17-/m0/s1. The second kappa shape index (κ2) is 7.16. The largest absolute Gasteiger partial charge is 0.387 e. The normalized spacial score (nSPS) is 14.0. The molecule has 2 aromatic rings. The molecule has 0 bridgehead atoms. The van der Waals surface area contributed by atoms with Crippen LogP contribution in [0.4, 0.5) is 0 Å². The summed E-state index contributed by atoms with van der Waals surface area (Å²) in [7, 11) is 0. The van der Waals surface area contributed by atoms with Gasteiger partial charge in [0.2, 0.25) is 0 Å². The highest BCUT2D eigenvalue weighted by atomic mass is 35.5. The van der Waals surface area contributed by atoms with E-state index >= 15 is 0 Å². The minimum absolute atomic E-state index is 0.0867. The third kappa shape index (κ3) is 4.02. The number of benzene rings is 2. The molecule has 0 aliphatic rings. The van der Waals surface area contributed by atoms with Crippen LogP contribution in [-0.4, -0.2) is 10.4 Å². The summed E-state index contributed by atoms with van der Waals surface area (Å²) in [4.78, 5) is 1.12. The van der Waals surface area contributed by atoms with Gasteiger partial charge in [0.05, 0.1) is 6.10 Å². The molecule has 0 aliphatic carbocycles. The molecule has 0 saturated carbocycles. The lowest BCUT2D eigenvalue weighted by atomic mass is 10.0. The molecule has 0 aliphatic heterocycles. The van der Waals surface area contributed by atoms with Crippen LogP contribution in [0, 0.1) is 0 Å². The van der Waals surface area contributed by atoms with Crippen LogP contribution in [0.5, 0.6) is 0 Å². The first-order chi connectivity index (χ1) is 9.60. The number of aliphatic hydroxyl groups is 1. The van der Waals surface area contributed by atoms with Crippen molar-refractivity contribution in [1.82, 2.24) is 0 Å². The van der Waals surface area contributed by atoms with Crippen LogP contribution in [0.3, 0.4) is 0 Å². The Morgan fingerprint density at radius 2 is 1.65 bits per heavy atom. The fraction of sp³-hybridized carbons (Fsp3) is 0.294. The molecule has 2 rings (SSSR count). The first-order valence-corrected chi connectivity index (χ1v) is 8.05. The summed E-state index contributed by atoms with van der Waals surface area (Å²) in [5, 5.41) is 11.2. The number of hydrogen-bond acceptors (Lipinski definition) is 2. The van der Waals surface area contributed by atoms with Crippen molar-refractivity contribution < 1.29 is 5.11 Å². The lowest BCUT2D eigenvalue weighted by Crippen LogP contribution is -2.11. The molecule has 0 spiro atoms. The van der Waals surface area contributed by atoms with E-state index in [-0.39, 0.29) is 5.25 Å². The number of thioether (sulfide) groups is 1. The van der Waals surface area contributed by atoms with Gasteiger partial charge in [-0.25, -0.2) is 0 Å². The van der Waals surface area contributed by atoms with Gasteiger partial charge in [-0.2, -0.15) is 0 Å². The van der Waals surface area contributed by atoms with E-state index in [2.05, 4.69) is 19.1 Å². The SMILES string of the molecule is CCc1ccc([C@@H](O)[C@H](C)Sc2ccc(Cl)cc2)cc1. The van der Waals surface area contributed by atoms with E-state index in [1.54, 1.807) is 11.8 Å². The Bertz CT molecular complexity index is 536. The molecule has 106 valence electrons. The van der Waals surface area contributed by atoms with Crippen LogP contribution in [0.1, 0.15) is 31.1 Å². The summed E-state index contributed by atoms with van der Waals surface area (Å²) in [6.07, 6.45) is 0.549. The van der Waals surface area contributed by atoms with Gasteiger partial charge in [-0.15, -0.1) is 11.8 Å². The molecule has 0 saturated heterocycles. The molecule has 20 heavy (non-hydrogen) atoms. The molecule has 1 N–H and O–H groups in total. The van der Waals surface area contributed by atoms with Gasteiger partial charge in [0.15, 0.2) is 0 Å². The molecule has 3 heteroatoms. The summed E-state index contributed by atoms with van der Waals surface area (Å²) in [5.74, 6) is 0. The Morgan fingerprint density at radius 1 is 1.05 bits per heavy atom. The third-order valence-electron chi connectivity index (χ3n) is 3.31. The fourth-order valence-corrected chi connectivity index (χ4v) is 3.15. The maximum absolute atomic E-state index is 10.4. The predicted molar refractivity (Wildman–Crippen MR) is 87.6 cm³/mol. The Labute approximate surface area is 130 Å². The maximum Gasteiger partial charge on any atom is 0.0909 e. The minimum atomic E-state index is -0.471. The maximum atomic E-state index is 10.4. The topological polar surface area (TPSA) is 20.2 Å². The van der Waals surface area contributed by atoms with Gasteiger partial charge < -0.3 is 5.11 Å². The number of halogens is 1. The minimum Gasteiger partial charge on any atom is -0.387 e. The molecule has 0 heterocycles. The molecule has 2 atom stereocenters. The van der Waals surface area contributed by atoms with E-state index in [1.807, 2.05) is 43.3 Å². The molecule has 0 fully saturated rings. The summed E-state index contributed by atoms with van der Waals surface area (Å²) < 4.78 is 0. The van der Waals surface area contributed by atoms with Crippen molar-refractivity contribution in [3.8, 4) is 0 Å². The van der Waals surface area contributed by atoms with Crippen LogP contribution < -0.4 is 0 Å². The fourth-order valence-electron chi connectivity index (χ4n) is 2.01. The Hall–Kier alpha value is -0.960. The van der Waals surface area contributed by atoms with Crippen molar-refractivity contribution in [2.75, 3.05) is 0 Å². The summed E-state index contributed by atoms with van der Waals surface area (Å²) in [6, 6.07) is 15.9. The highest BCUT2D eigenvalue weighted by Crippen LogP contribution is 2.32. The van der Waals surface area contributed by atoms with Crippen LogP contribution in [0.15, 0.2) is 53.4 Å². The Kier molecular flexibility index (Phi) is 5.53. The zero-order valence-electron chi connectivity index (χ0n) is 11.7. The van der Waals surface area contributed by atoms with Crippen molar-refractivity contribution >= 4 is 23.4 Å². The zero-order chi connectivity index (χ0) is 14.5. The molecule has 1 nitrogen and oxygen atoms in total. The average molecular weight is 307 g/mol. The van der Waals surface area contributed by atoms with Gasteiger partial charge in [-0.3, -0.25) is 0 Å². The van der Waals surface area contributed by atoms with E-state index in [1.165, 1.54) is 5.56 Å². The quantitative estimate of drug-likeness (QED) is 0.774. The van der Waals surface area contributed by atoms with Crippen LogP contribution in [-0.2, 0) is 6.42 Å². The van der Waals surface area contributed by atoms with E-state index in [0.29, 0.717) is 0 Å². The average Bonchev–Trinajstić information content (AvgIpc) is 2.49. The van der Waals surface area contributed by atoms with Crippen LogP contribution in [0.2, 0.25) is 5.02 Å². The van der Waals surface area contributed by atoms with Crippen molar-refractivity contribution in [1.29, 1.82) is 0 Å². The van der Waals surface area contributed by atoms with E-state index in [9.17, 15) is 5.11 Å². The van der Waals surface area contributed by atoms with Crippen molar-refractivity contribution in [2.24, 2.45) is 0 Å². The lowest BCUT2D eigenvalue weighted by Gasteiger charge is -2.19. The summed E-state index contributed by atoms with van der Waals surface area (Å²) in [6.45, 7) is 4.17. The number of rotatable bonds is 5. The highest BCUT2D eigenvalue weighted by molar-refractivity contribution is 8.00. The van der Waals surface area contributed by atoms with Gasteiger partial charge in [0, 0.05) is 15.2 Å². The monoisotopic (exact) mass is 306 g/mol. The van der Waals surface area contributed by atoms with Gasteiger partial charge in [0.1, 0.15) is 0 Å². The van der Waals surface area contributed by atoms with E-state index < -0.39 is 6.10 Å².